The van der Waals surface area contributed by atoms with E-state index >= 15 is 0 Å². The van der Waals surface area contributed by atoms with Crippen molar-refractivity contribution in [2.75, 3.05) is 28.4 Å². The maximum atomic E-state index is 13.6. The van der Waals surface area contributed by atoms with Crippen LogP contribution in [-0.2, 0) is 27.2 Å². The van der Waals surface area contributed by atoms with Crippen LogP contribution in [0.4, 0.5) is 0 Å². The number of nitrogens with two attached hydrogens (primary N) is 1. The molecule has 4 N–H and O–H groups in total. The maximum absolute atomic E-state index is 13.6. The van der Waals surface area contributed by atoms with Gasteiger partial charge in [-0.2, -0.15) is 0 Å². The minimum absolute atomic E-state index is 0.00757. The van der Waals surface area contributed by atoms with Gasteiger partial charge in [-0.05, 0) is 71.7 Å². The van der Waals surface area contributed by atoms with Crippen LogP contribution < -0.4 is 34.7 Å². The molecule has 4 rings (SSSR count). The highest BCUT2D eigenvalue weighted by Gasteiger charge is 2.31. The molecule has 3 atom stereocenters. The van der Waals surface area contributed by atoms with Gasteiger partial charge >= 0.3 is 5.97 Å². The fourth-order valence-electron chi connectivity index (χ4n) is 5.74. The quantitative estimate of drug-likeness (QED) is 0.170. The smallest absolute Gasteiger partial charge is 0.334 e. The second kappa shape index (κ2) is 16.3. The van der Waals surface area contributed by atoms with Crippen molar-refractivity contribution in [2.45, 2.75) is 57.7 Å². The highest BCUT2D eigenvalue weighted by atomic mass is 16.6. The van der Waals surface area contributed by atoms with Gasteiger partial charge in [0.2, 0.25) is 5.75 Å². The Balaban J connectivity index is 1.64. The first-order valence-electron chi connectivity index (χ1n) is 15.8. The third kappa shape index (κ3) is 8.34. The summed E-state index contributed by atoms with van der Waals surface area (Å²) in [5.74, 6) is 0.00654. The van der Waals surface area contributed by atoms with Crippen molar-refractivity contribution < 1.29 is 43.2 Å². The molecule has 11 heteroatoms. The van der Waals surface area contributed by atoms with Gasteiger partial charge in [-0.15, -0.1) is 0 Å². The Kier molecular flexibility index (Phi) is 12.2. The standard InChI is InChI=1S/C37H44N2O9/c1-21(2)16-29(39-36(42)33(41)28(38)17-22-10-8-7-9-11-22)37(43)48-31-18-23(12-15-30(31)44-3)26-19-24(40)13-14-25-27(26)20-32(45-4)35(47-6)34(25)46-5/h7-12,15,18-21,28-29,33,41H,13-14,16-17,38H2,1-6H3,(H,39,42). The lowest BCUT2D eigenvalue weighted by molar-refractivity contribution is -0.142. The fraction of sp³-hybridized carbons (Fsp3) is 0.378. The number of methoxy groups -OCH3 is 4. The number of rotatable bonds is 14. The topological polar surface area (TPSA) is 156 Å². The molecule has 1 amide bonds. The van der Waals surface area contributed by atoms with Gasteiger partial charge in [-0.3, -0.25) is 9.59 Å². The van der Waals surface area contributed by atoms with E-state index < -0.39 is 30.1 Å². The first-order valence-corrected chi connectivity index (χ1v) is 15.8. The number of fused-ring (bicyclic) bond motifs is 1. The molecule has 0 fully saturated rings. The van der Waals surface area contributed by atoms with Crippen LogP contribution in [0.3, 0.4) is 0 Å². The molecule has 0 spiro atoms. The van der Waals surface area contributed by atoms with E-state index in [1.54, 1.807) is 30.3 Å². The second-order valence-corrected chi connectivity index (χ2v) is 12.0. The van der Waals surface area contributed by atoms with Gasteiger partial charge in [0.25, 0.3) is 5.91 Å². The monoisotopic (exact) mass is 660 g/mol. The number of benzene rings is 3. The van der Waals surface area contributed by atoms with Gasteiger partial charge in [0, 0.05) is 18.0 Å². The Morgan fingerprint density at radius 1 is 0.875 bits per heavy atom. The number of carbonyl (C=O) groups excluding carboxylic acids is 3. The van der Waals surface area contributed by atoms with Crippen LogP contribution in [-0.4, -0.2) is 69.4 Å². The van der Waals surface area contributed by atoms with E-state index in [0.717, 1.165) is 11.1 Å². The number of hydrogen-bond donors (Lipinski definition) is 3. The normalized spacial score (nSPS) is 14.5. The Labute approximate surface area is 281 Å². The summed E-state index contributed by atoms with van der Waals surface area (Å²) in [6.07, 6.45) is 1.15. The molecule has 3 unspecified atom stereocenters. The van der Waals surface area contributed by atoms with Crippen molar-refractivity contribution in [3.05, 3.63) is 82.9 Å². The Morgan fingerprint density at radius 3 is 2.19 bits per heavy atom. The zero-order valence-corrected chi connectivity index (χ0v) is 28.2. The SMILES string of the molecule is COc1ccc(C2=CC(=O)CCc3c2cc(OC)c(OC)c3OC)cc1OC(=O)C(CC(C)C)NC(=O)C(O)C(N)Cc1ccccc1. The lowest BCUT2D eigenvalue weighted by Crippen LogP contribution is -2.53. The number of allylic oxidation sites excluding steroid dienone is 1. The van der Waals surface area contributed by atoms with E-state index in [0.29, 0.717) is 40.4 Å². The highest BCUT2D eigenvalue weighted by molar-refractivity contribution is 6.03. The Morgan fingerprint density at radius 2 is 1.56 bits per heavy atom. The third-order valence-electron chi connectivity index (χ3n) is 8.13. The zero-order chi connectivity index (χ0) is 35.0. The first kappa shape index (κ1) is 36.0. The van der Waals surface area contributed by atoms with Crippen LogP contribution in [0.25, 0.3) is 5.57 Å². The van der Waals surface area contributed by atoms with Crippen molar-refractivity contribution in [1.82, 2.24) is 5.32 Å². The number of amides is 1. The summed E-state index contributed by atoms with van der Waals surface area (Å²) >= 11 is 0. The molecule has 1 aliphatic rings. The molecule has 0 saturated heterocycles. The number of aliphatic hydroxyl groups excluding tert-OH is 1. The van der Waals surface area contributed by atoms with E-state index in [-0.39, 0.29) is 42.5 Å². The number of carbonyl (C=O) groups is 3. The van der Waals surface area contributed by atoms with E-state index in [2.05, 4.69) is 5.32 Å². The number of nitrogens with one attached hydrogen (secondary N) is 1. The maximum Gasteiger partial charge on any atom is 0.334 e. The molecular formula is C37H44N2O9. The number of ether oxygens (including phenoxy) is 5. The number of esters is 1. The van der Waals surface area contributed by atoms with Crippen molar-refractivity contribution in [3.8, 4) is 28.7 Å². The average Bonchev–Trinajstić information content (AvgIpc) is 3.24. The predicted octanol–water partition coefficient (Wildman–Crippen LogP) is 4.04. The lowest BCUT2D eigenvalue weighted by Gasteiger charge is -2.24. The number of ketones is 1. The molecule has 11 nitrogen and oxygen atoms in total. The van der Waals surface area contributed by atoms with Crippen LogP contribution in [0.2, 0.25) is 0 Å². The van der Waals surface area contributed by atoms with Crippen molar-refractivity contribution in [2.24, 2.45) is 11.7 Å². The fourth-order valence-corrected chi connectivity index (χ4v) is 5.74. The van der Waals surface area contributed by atoms with Crippen molar-refractivity contribution in [1.29, 1.82) is 0 Å². The molecule has 0 heterocycles. The molecular weight excluding hydrogens is 616 g/mol. The highest BCUT2D eigenvalue weighted by Crippen LogP contribution is 2.47. The van der Waals surface area contributed by atoms with E-state index in [1.165, 1.54) is 28.4 Å². The summed E-state index contributed by atoms with van der Waals surface area (Å²) < 4.78 is 28.3. The second-order valence-electron chi connectivity index (χ2n) is 12.0. The van der Waals surface area contributed by atoms with Crippen LogP contribution in [0.15, 0.2) is 60.7 Å². The Bertz CT molecular complexity index is 1650. The molecule has 0 bridgehead atoms. The van der Waals surface area contributed by atoms with E-state index in [1.807, 2.05) is 44.2 Å². The molecule has 256 valence electrons. The van der Waals surface area contributed by atoms with Crippen molar-refractivity contribution >= 4 is 23.2 Å². The number of aliphatic hydroxyl groups is 1. The Hall–Kier alpha value is -4.87. The molecule has 0 aliphatic heterocycles. The predicted molar refractivity (Wildman–Crippen MR) is 181 cm³/mol. The lowest BCUT2D eigenvalue weighted by atomic mass is 9.92. The minimum atomic E-state index is -1.56. The van der Waals surface area contributed by atoms with E-state index in [4.69, 9.17) is 29.4 Å². The summed E-state index contributed by atoms with van der Waals surface area (Å²) in [7, 11) is 6.00. The summed E-state index contributed by atoms with van der Waals surface area (Å²) in [5.41, 5.74) is 9.63. The van der Waals surface area contributed by atoms with Crippen LogP contribution in [0.5, 0.6) is 28.7 Å². The van der Waals surface area contributed by atoms with Gasteiger partial charge in [0.05, 0.1) is 28.4 Å². The molecule has 3 aromatic carbocycles. The summed E-state index contributed by atoms with van der Waals surface area (Å²) in [4.78, 5) is 39.7. The summed E-state index contributed by atoms with van der Waals surface area (Å²) in [5, 5.41) is 13.4. The van der Waals surface area contributed by atoms with Crippen LogP contribution in [0, 0.1) is 5.92 Å². The molecule has 3 aromatic rings. The van der Waals surface area contributed by atoms with Crippen molar-refractivity contribution in [3.63, 3.8) is 0 Å². The van der Waals surface area contributed by atoms with Gasteiger partial charge < -0.3 is 39.8 Å². The van der Waals surface area contributed by atoms with E-state index in [9.17, 15) is 19.5 Å². The van der Waals surface area contributed by atoms with Crippen LogP contribution in [0.1, 0.15) is 48.9 Å². The average molecular weight is 661 g/mol. The molecule has 48 heavy (non-hydrogen) atoms. The minimum Gasteiger partial charge on any atom is -0.493 e. The largest absolute Gasteiger partial charge is 0.493 e. The summed E-state index contributed by atoms with van der Waals surface area (Å²) in [6, 6.07) is 14.1. The zero-order valence-electron chi connectivity index (χ0n) is 28.2. The molecule has 1 aliphatic carbocycles. The molecule has 0 radical (unpaired) electrons. The van der Waals surface area contributed by atoms with Gasteiger partial charge in [-0.25, -0.2) is 4.79 Å². The number of hydrogen-bond acceptors (Lipinski definition) is 10. The molecule has 0 aromatic heterocycles. The molecule has 0 saturated carbocycles. The van der Waals surface area contributed by atoms with Crippen LogP contribution >= 0.6 is 0 Å². The third-order valence-corrected chi connectivity index (χ3v) is 8.13. The van der Waals surface area contributed by atoms with Gasteiger partial charge in [0.1, 0.15) is 12.1 Å². The van der Waals surface area contributed by atoms with Gasteiger partial charge in [-0.1, -0.05) is 50.2 Å². The summed E-state index contributed by atoms with van der Waals surface area (Å²) in [6.45, 7) is 3.80. The van der Waals surface area contributed by atoms with Gasteiger partial charge in [0.15, 0.2) is 28.8 Å². The first-order chi connectivity index (χ1) is 23.0.